The third kappa shape index (κ3) is 1.79. The van der Waals surface area contributed by atoms with Crippen molar-refractivity contribution in [2.45, 2.75) is 46.5 Å². The third-order valence-corrected chi connectivity index (χ3v) is 4.74. The van der Waals surface area contributed by atoms with Gasteiger partial charge in [0, 0.05) is 6.42 Å². The van der Waals surface area contributed by atoms with Gasteiger partial charge in [0.2, 0.25) is 0 Å². The normalized spacial score (nSPS) is 36.9. The summed E-state index contributed by atoms with van der Waals surface area (Å²) >= 11 is 0. The molecule has 0 heterocycles. The van der Waals surface area contributed by atoms with Gasteiger partial charge in [0.1, 0.15) is 0 Å². The fraction of sp³-hybridized carbons (Fsp3) is 0.923. The van der Waals surface area contributed by atoms with Gasteiger partial charge < -0.3 is 4.74 Å². The zero-order chi connectivity index (χ0) is 11.1. The standard InChI is InChI=1S/C13H22O2/c1-4-15-12(14)7-9-5-6-10-8-11(9)13(10,2)3/h9-11H,4-8H2,1-3H3/t9-,10+,11+/m1/s1. The van der Waals surface area contributed by atoms with E-state index in [0.29, 0.717) is 24.4 Å². The Labute approximate surface area is 92.4 Å². The lowest BCUT2D eigenvalue weighted by atomic mass is 9.45. The average Bonchev–Trinajstić information content (AvgIpc) is 2.17. The highest BCUT2D eigenvalue weighted by Crippen LogP contribution is 2.61. The van der Waals surface area contributed by atoms with Crippen molar-refractivity contribution in [2.75, 3.05) is 6.61 Å². The number of hydrogen-bond donors (Lipinski definition) is 0. The van der Waals surface area contributed by atoms with Crippen molar-refractivity contribution in [3.63, 3.8) is 0 Å². The molecule has 0 N–H and O–H groups in total. The van der Waals surface area contributed by atoms with Gasteiger partial charge in [-0.25, -0.2) is 0 Å². The molecule has 0 aliphatic heterocycles. The molecule has 0 radical (unpaired) electrons. The highest BCUT2D eigenvalue weighted by molar-refractivity contribution is 5.69. The van der Waals surface area contributed by atoms with Crippen LogP contribution in [0.15, 0.2) is 0 Å². The van der Waals surface area contributed by atoms with Crippen LogP contribution >= 0.6 is 0 Å². The number of ether oxygens (including phenoxy) is 1. The summed E-state index contributed by atoms with van der Waals surface area (Å²) in [7, 11) is 0. The van der Waals surface area contributed by atoms with Gasteiger partial charge >= 0.3 is 5.97 Å². The van der Waals surface area contributed by atoms with Crippen LogP contribution in [-0.2, 0) is 9.53 Å². The molecule has 2 bridgehead atoms. The molecule has 0 amide bonds. The lowest BCUT2D eigenvalue weighted by Crippen LogP contribution is -2.52. The van der Waals surface area contributed by atoms with E-state index in [1.54, 1.807) is 0 Å². The topological polar surface area (TPSA) is 26.3 Å². The second-order valence-electron chi connectivity index (χ2n) is 5.71. The van der Waals surface area contributed by atoms with Gasteiger partial charge in [0.15, 0.2) is 0 Å². The molecular formula is C13H22O2. The molecule has 3 fully saturated rings. The Morgan fingerprint density at radius 3 is 2.67 bits per heavy atom. The molecule has 3 atom stereocenters. The monoisotopic (exact) mass is 210 g/mol. The summed E-state index contributed by atoms with van der Waals surface area (Å²) in [6.07, 6.45) is 4.54. The Bertz CT molecular complexity index is 255. The van der Waals surface area contributed by atoms with E-state index in [-0.39, 0.29) is 5.97 Å². The predicted molar refractivity (Wildman–Crippen MR) is 59.4 cm³/mol. The molecule has 86 valence electrons. The first kappa shape index (κ1) is 11.0. The molecule has 2 heteroatoms. The van der Waals surface area contributed by atoms with E-state index < -0.39 is 0 Å². The quantitative estimate of drug-likeness (QED) is 0.669. The van der Waals surface area contributed by atoms with Gasteiger partial charge in [-0.15, -0.1) is 0 Å². The minimum Gasteiger partial charge on any atom is -0.466 e. The largest absolute Gasteiger partial charge is 0.466 e. The van der Waals surface area contributed by atoms with Gasteiger partial charge in [-0.3, -0.25) is 4.79 Å². The number of hydrogen-bond acceptors (Lipinski definition) is 2. The number of rotatable bonds is 3. The lowest BCUT2D eigenvalue weighted by molar-refractivity contribution is -0.152. The summed E-state index contributed by atoms with van der Waals surface area (Å²) in [5.74, 6) is 2.27. The van der Waals surface area contributed by atoms with E-state index in [2.05, 4.69) is 13.8 Å². The zero-order valence-electron chi connectivity index (χ0n) is 10.1. The van der Waals surface area contributed by atoms with Crippen LogP contribution < -0.4 is 0 Å². The SMILES string of the molecule is CCOC(=O)C[C@H]1CC[C@H]2C[C@@H]1C2(C)C. The van der Waals surface area contributed by atoms with Gasteiger partial charge in [-0.05, 0) is 49.4 Å². The van der Waals surface area contributed by atoms with Crippen molar-refractivity contribution in [3.05, 3.63) is 0 Å². The first-order valence-electron chi connectivity index (χ1n) is 6.21. The van der Waals surface area contributed by atoms with Crippen molar-refractivity contribution in [2.24, 2.45) is 23.2 Å². The average molecular weight is 210 g/mol. The van der Waals surface area contributed by atoms with E-state index in [1.807, 2.05) is 6.92 Å². The Morgan fingerprint density at radius 2 is 2.13 bits per heavy atom. The second-order valence-corrected chi connectivity index (χ2v) is 5.71. The minimum atomic E-state index is 0.00338. The van der Waals surface area contributed by atoms with Gasteiger partial charge in [0.05, 0.1) is 6.61 Å². The van der Waals surface area contributed by atoms with Crippen LogP contribution in [0.3, 0.4) is 0 Å². The molecule has 2 nitrogen and oxygen atoms in total. The second kappa shape index (κ2) is 3.80. The molecule has 0 saturated heterocycles. The Balaban J connectivity index is 1.91. The number of carbonyl (C=O) groups is 1. The van der Waals surface area contributed by atoms with Crippen molar-refractivity contribution in [3.8, 4) is 0 Å². The van der Waals surface area contributed by atoms with E-state index in [1.165, 1.54) is 19.3 Å². The molecule has 3 aliphatic carbocycles. The van der Waals surface area contributed by atoms with Gasteiger partial charge in [-0.2, -0.15) is 0 Å². The van der Waals surface area contributed by atoms with Crippen LogP contribution in [0.5, 0.6) is 0 Å². The van der Waals surface area contributed by atoms with Crippen molar-refractivity contribution in [1.29, 1.82) is 0 Å². The molecule has 15 heavy (non-hydrogen) atoms. The van der Waals surface area contributed by atoms with Crippen molar-refractivity contribution in [1.82, 2.24) is 0 Å². The maximum Gasteiger partial charge on any atom is 0.306 e. The summed E-state index contributed by atoms with van der Waals surface area (Å²) in [5.41, 5.74) is 0.482. The Morgan fingerprint density at radius 1 is 1.40 bits per heavy atom. The Hall–Kier alpha value is -0.530. The molecule has 0 aromatic carbocycles. The van der Waals surface area contributed by atoms with E-state index in [0.717, 1.165) is 11.8 Å². The number of fused-ring (bicyclic) bond motifs is 2. The van der Waals surface area contributed by atoms with Gasteiger partial charge in [-0.1, -0.05) is 13.8 Å². The van der Waals surface area contributed by atoms with Crippen LogP contribution in [0.25, 0.3) is 0 Å². The highest BCUT2D eigenvalue weighted by atomic mass is 16.5. The maximum atomic E-state index is 11.5. The summed E-state index contributed by atoms with van der Waals surface area (Å²) in [4.78, 5) is 11.5. The fourth-order valence-corrected chi connectivity index (χ4v) is 3.64. The van der Waals surface area contributed by atoms with Crippen LogP contribution in [0.1, 0.15) is 46.5 Å². The molecule has 0 aromatic heterocycles. The Kier molecular flexibility index (Phi) is 2.78. The van der Waals surface area contributed by atoms with Crippen molar-refractivity contribution >= 4 is 5.97 Å². The molecule has 0 aromatic rings. The van der Waals surface area contributed by atoms with Crippen LogP contribution in [-0.4, -0.2) is 12.6 Å². The summed E-state index contributed by atoms with van der Waals surface area (Å²) < 4.78 is 5.04. The molecule has 3 saturated carbocycles. The smallest absolute Gasteiger partial charge is 0.306 e. The lowest BCUT2D eigenvalue weighted by Gasteiger charge is -2.60. The predicted octanol–water partition coefficient (Wildman–Crippen LogP) is 3.01. The molecule has 3 rings (SSSR count). The number of carbonyl (C=O) groups excluding carboxylic acids is 1. The van der Waals surface area contributed by atoms with Crippen molar-refractivity contribution < 1.29 is 9.53 Å². The van der Waals surface area contributed by atoms with Gasteiger partial charge in [0.25, 0.3) is 0 Å². The van der Waals surface area contributed by atoms with E-state index in [9.17, 15) is 4.79 Å². The van der Waals surface area contributed by atoms with Crippen LogP contribution in [0.2, 0.25) is 0 Å². The minimum absolute atomic E-state index is 0.00338. The maximum absolute atomic E-state index is 11.5. The summed E-state index contributed by atoms with van der Waals surface area (Å²) in [5, 5.41) is 0. The van der Waals surface area contributed by atoms with Crippen LogP contribution in [0.4, 0.5) is 0 Å². The summed E-state index contributed by atoms with van der Waals surface area (Å²) in [6.45, 7) is 7.12. The molecule has 0 spiro atoms. The molecule has 0 unspecified atom stereocenters. The van der Waals surface area contributed by atoms with E-state index >= 15 is 0 Å². The zero-order valence-corrected chi connectivity index (χ0v) is 10.1. The van der Waals surface area contributed by atoms with Crippen LogP contribution in [0, 0.1) is 23.2 Å². The first-order chi connectivity index (χ1) is 7.05. The fourth-order valence-electron chi connectivity index (χ4n) is 3.64. The van der Waals surface area contributed by atoms with E-state index in [4.69, 9.17) is 4.74 Å². The first-order valence-corrected chi connectivity index (χ1v) is 6.21. The summed E-state index contributed by atoms with van der Waals surface area (Å²) in [6, 6.07) is 0. The number of esters is 1. The third-order valence-electron chi connectivity index (χ3n) is 4.74. The highest BCUT2D eigenvalue weighted by Gasteiger charge is 2.54. The molecule has 3 aliphatic rings. The molecular weight excluding hydrogens is 188 g/mol.